The highest BCUT2D eigenvalue weighted by molar-refractivity contribution is 7.92. The normalized spacial score (nSPS) is 11.8. The second kappa shape index (κ2) is 13.6. The van der Waals surface area contributed by atoms with Crippen molar-refractivity contribution in [2.45, 2.75) is 37.8 Å². The van der Waals surface area contributed by atoms with Crippen LogP contribution >= 0.6 is 0 Å². The molecule has 0 aliphatic heterocycles. The maximum absolute atomic E-state index is 13.9. The number of amides is 2. The third kappa shape index (κ3) is 7.35. The Hall–Kier alpha value is -4.45. The van der Waals surface area contributed by atoms with Gasteiger partial charge in [0.05, 0.1) is 22.6 Å². The van der Waals surface area contributed by atoms with Gasteiger partial charge in [-0.05, 0) is 49.2 Å². The molecule has 0 saturated heterocycles. The number of ether oxygens (including phenoxy) is 1. The van der Waals surface area contributed by atoms with E-state index in [1.807, 2.05) is 6.92 Å². The minimum absolute atomic E-state index is 0.0116. The van der Waals surface area contributed by atoms with Crippen molar-refractivity contribution >= 4 is 33.2 Å². The Bertz CT molecular complexity index is 1430. The van der Waals surface area contributed by atoms with Crippen LogP contribution in [0.15, 0.2) is 83.8 Å². The molecule has 0 aliphatic carbocycles. The second-order valence-electron chi connectivity index (χ2n) is 8.94. The molecule has 0 aromatic heterocycles. The minimum atomic E-state index is -4.32. The molecule has 0 spiro atoms. The number of non-ortho nitro benzene ring substituents is 1. The van der Waals surface area contributed by atoms with Crippen LogP contribution in [0.1, 0.15) is 25.8 Å². The van der Waals surface area contributed by atoms with Crippen LogP contribution in [0.2, 0.25) is 0 Å². The van der Waals surface area contributed by atoms with E-state index >= 15 is 0 Å². The first-order chi connectivity index (χ1) is 19.1. The molecule has 0 unspecified atom stereocenters. The van der Waals surface area contributed by atoms with Crippen molar-refractivity contribution in [3.8, 4) is 5.75 Å². The number of nitrogens with zero attached hydrogens (tertiary/aromatic N) is 3. The molecule has 0 bridgehead atoms. The molecule has 1 atom stereocenters. The Morgan fingerprint density at radius 3 is 2.30 bits per heavy atom. The Kier molecular flexibility index (Phi) is 10.2. The summed E-state index contributed by atoms with van der Waals surface area (Å²) in [5.74, 6) is -0.446. The van der Waals surface area contributed by atoms with Gasteiger partial charge in [0.1, 0.15) is 18.3 Å². The molecule has 40 heavy (non-hydrogen) atoms. The predicted molar refractivity (Wildman–Crippen MR) is 150 cm³/mol. The fourth-order valence-corrected chi connectivity index (χ4v) is 5.34. The fourth-order valence-electron chi connectivity index (χ4n) is 3.92. The van der Waals surface area contributed by atoms with E-state index in [1.165, 1.54) is 54.5 Å². The molecule has 212 valence electrons. The van der Waals surface area contributed by atoms with Gasteiger partial charge in [-0.3, -0.25) is 24.0 Å². The van der Waals surface area contributed by atoms with Crippen LogP contribution in [0.3, 0.4) is 0 Å². The van der Waals surface area contributed by atoms with E-state index in [-0.39, 0.29) is 22.8 Å². The van der Waals surface area contributed by atoms with Crippen molar-refractivity contribution in [2.24, 2.45) is 0 Å². The van der Waals surface area contributed by atoms with Gasteiger partial charge in [0.2, 0.25) is 11.8 Å². The Morgan fingerprint density at radius 1 is 1.02 bits per heavy atom. The van der Waals surface area contributed by atoms with Crippen molar-refractivity contribution in [3.05, 3.63) is 94.5 Å². The highest BCUT2D eigenvalue weighted by Crippen LogP contribution is 2.27. The lowest BCUT2D eigenvalue weighted by molar-refractivity contribution is -0.384. The van der Waals surface area contributed by atoms with Crippen LogP contribution in [0.25, 0.3) is 0 Å². The molecule has 2 amide bonds. The first-order valence-electron chi connectivity index (χ1n) is 12.6. The standard InChI is InChI=1S/C28H32N4O7S/c1-4-17-29-28(34)21(2)30(19-22-13-15-25(39-3)16-14-22)27(33)20-31(23-9-8-10-24(18-23)32(35)36)40(37,38)26-11-6-5-7-12-26/h5-16,18,21H,4,17,19-20H2,1-3H3,(H,29,34)/t21-/m0/s1. The highest BCUT2D eigenvalue weighted by atomic mass is 32.2. The quantitative estimate of drug-likeness (QED) is 0.245. The topological polar surface area (TPSA) is 139 Å². The summed E-state index contributed by atoms with van der Waals surface area (Å²) in [5, 5.41) is 14.2. The summed E-state index contributed by atoms with van der Waals surface area (Å²) in [4.78, 5) is 38.7. The van der Waals surface area contributed by atoms with E-state index in [1.54, 1.807) is 37.3 Å². The summed E-state index contributed by atoms with van der Waals surface area (Å²) in [6.45, 7) is 3.19. The predicted octanol–water partition coefficient (Wildman–Crippen LogP) is 3.74. The van der Waals surface area contributed by atoms with E-state index in [0.717, 1.165) is 10.4 Å². The van der Waals surface area contributed by atoms with Crippen LogP contribution in [-0.2, 0) is 26.2 Å². The Balaban J connectivity index is 2.04. The number of carbonyl (C=O) groups is 2. The summed E-state index contributed by atoms with van der Waals surface area (Å²) in [6, 6.07) is 18.5. The molecule has 3 aromatic rings. The highest BCUT2D eigenvalue weighted by Gasteiger charge is 2.33. The van der Waals surface area contributed by atoms with Crippen molar-refractivity contribution < 1.29 is 27.7 Å². The van der Waals surface area contributed by atoms with Crippen molar-refractivity contribution in [1.82, 2.24) is 10.2 Å². The summed E-state index contributed by atoms with van der Waals surface area (Å²) >= 11 is 0. The minimum Gasteiger partial charge on any atom is -0.497 e. The van der Waals surface area contributed by atoms with Gasteiger partial charge in [0, 0.05) is 25.2 Å². The molecule has 0 radical (unpaired) electrons. The van der Waals surface area contributed by atoms with Crippen LogP contribution in [0.5, 0.6) is 5.75 Å². The lowest BCUT2D eigenvalue weighted by atomic mass is 10.1. The maximum atomic E-state index is 13.9. The molecular formula is C28H32N4O7S. The molecule has 0 fully saturated rings. The van der Waals surface area contributed by atoms with Gasteiger partial charge in [-0.1, -0.05) is 43.3 Å². The number of anilines is 1. The number of nitrogens with one attached hydrogen (secondary N) is 1. The zero-order chi connectivity index (χ0) is 29.3. The van der Waals surface area contributed by atoms with Crippen LogP contribution in [-0.4, -0.2) is 56.3 Å². The van der Waals surface area contributed by atoms with Gasteiger partial charge in [-0.25, -0.2) is 8.42 Å². The first-order valence-corrected chi connectivity index (χ1v) is 14.0. The van der Waals surface area contributed by atoms with Gasteiger partial charge >= 0.3 is 0 Å². The molecular weight excluding hydrogens is 536 g/mol. The van der Waals surface area contributed by atoms with E-state index in [0.29, 0.717) is 24.3 Å². The maximum Gasteiger partial charge on any atom is 0.271 e. The van der Waals surface area contributed by atoms with Crippen LogP contribution in [0.4, 0.5) is 11.4 Å². The molecule has 0 aliphatic rings. The molecule has 12 heteroatoms. The Labute approximate surface area is 233 Å². The fraction of sp³-hybridized carbons (Fsp3) is 0.286. The molecule has 3 rings (SSSR count). The third-order valence-electron chi connectivity index (χ3n) is 6.17. The van der Waals surface area contributed by atoms with E-state index in [2.05, 4.69) is 5.32 Å². The van der Waals surface area contributed by atoms with Crippen LogP contribution < -0.4 is 14.4 Å². The molecule has 0 saturated carbocycles. The van der Waals surface area contributed by atoms with Gasteiger partial charge in [-0.2, -0.15) is 0 Å². The summed E-state index contributed by atoms with van der Waals surface area (Å²) < 4.78 is 33.5. The van der Waals surface area contributed by atoms with Gasteiger partial charge in [-0.15, -0.1) is 0 Å². The van der Waals surface area contributed by atoms with Crippen molar-refractivity contribution in [1.29, 1.82) is 0 Å². The third-order valence-corrected chi connectivity index (χ3v) is 7.96. The van der Waals surface area contributed by atoms with Gasteiger partial charge < -0.3 is 15.0 Å². The first kappa shape index (κ1) is 30.1. The molecule has 11 nitrogen and oxygen atoms in total. The number of methoxy groups -OCH3 is 1. The number of nitro benzene ring substituents is 1. The van der Waals surface area contributed by atoms with E-state index < -0.39 is 39.3 Å². The number of sulfonamides is 1. The molecule has 3 aromatic carbocycles. The number of nitro groups is 1. The number of hydrogen-bond acceptors (Lipinski definition) is 7. The van der Waals surface area contributed by atoms with Crippen molar-refractivity contribution in [3.63, 3.8) is 0 Å². The van der Waals surface area contributed by atoms with E-state index in [9.17, 15) is 28.1 Å². The van der Waals surface area contributed by atoms with Gasteiger partial charge in [0.15, 0.2) is 0 Å². The lowest BCUT2D eigenvalue weighted by Gasteiger charge is -2.32. The summed E-state index contributed by atoms with van der Waals surface area (Å²) in [6.07, 6.45) is 0.695. The van der Waals surface area contributed by atoms with E-state index in [4.69, 9.17) is 4.74 Å². The monoisotopic (exact) mass is 568 g/mol. The SMILES string of the molecule is CCCNC(=O)[C@H](C)N(Cc1ccc(OC)cc1)C(=O)CN(c1cccc([N+](=O)[O-])c1)S(=O)(=O)c1ccccc1. The smallest absolute Gasteiger partial charge is 0.271 e. The van der Waals surface area contributed by atoms with Crippen molar-refractivity contribution in [2.75, 3.05) is 24.5 Å². The summed E-state index contributed by atoms with van der Waals surface area (Å²) in [5.41, 5.74) is 0.302. The molecule has 1 N–H and O–H groups in total. The second-order valence-corrected chi connectivity index (χ2v) is 10.8. The average molecular weight is 569 g/mol. The molecule has 0 heterocycles. The van der Waals surface area contributed by atoms with Gasteiger partial charge in [0.25, 0.3) is 15.7 Å². The number of benzene rings is 3. The zero-order valence-corrected chi connectivity index (χ0v) is 23.3. The zero-order valence-electron chi connectivity index (χ0n) is 22.5. The number of carbonyl (C=O) groups excluding carboxylic acids is 2. The lowest BCUT2D eigenvalue weighted by Crippen LogP contribution is -2.51. The summed E-state index contributed by atoms with van der Waals surface area (Å²) in [7, 11) is -2.79. The number of hydrogen-bond donors (Lipinski definition) is 1. The van der Waals surface area contributed by atoms with Crippen LogP contribution in [0, 0.1) is 10.1 Å². The Morgan fingerprint density at radius 2 is 1.70 bits per heavy atom. The number of rotatable bonds is 13. The largest absolute Gasteiger partial charge is 0.497 e. The average Bonchev–Trinajstić information content (AvgIpc) is 2.97.